The van der Waals surface area contributed by atoms with Gasteiger partial charge in [0.1, 0.15) is 10.7 Å². The molecule has 2 aromatic heterocycles. The molecule has 1 unspecified atom stereocenters. The second-order valence-electron chi connectivity index (χ2n) is 6.24. The van der Waals surface area contributed by atoms with Crippen LogP contribution < -0.4 is 10.9 Å². The molecule has 1 aliphatic rings. The lowest BCUT2D eigenvalue weighted by atomic mass is 10.0. The lowest BCUT2D eigenvalue weighted by molar-refractivity contribution is 0.0919. The standard InChI is InChI=1S/C14H17N3O4S2/c1-7-9-11(18)15-8(2)16-13(9)22-10(7)12(19)17-14(3)4-5-23(20,21)6-14/h4-6H2,1-3H3,(H,17,19)(H,15,16,18). The molecular weight excluding hydrogens is 338 g/mol. The fourth-order valence-electron chi connectivity index (χ4n) is 2.91. The molecule has 0 spiro atoms. The van der Waals surface area contributed by atoms with Crippen molar-refractivity contribution < 1.29 is 13.2 Å². The van der Waals surface area contributed by atoms with Crippen molar-refractivity contribution in [3.8, 4) is 0 Å². The Hall–Kier alpha value is -1.74. The van der Waals surface area contributed by atoms with Gasteiger partial charge in [-0.05, 0) is 32.8 Å². The Balaban J connectivity index is 1.98. The predicted octanol–water partition coefficient (Wildman–Crippen LogP) is 0.908. The van der Waals surface area contributed by atoms with Gasteiger partial charge in [0.15, 0.2) is 9.84 Å². The van der Waals surface area contributed by atoms with Crippen LogP contribution in [-0.4, -0.2) is 41.3 Å². The van der Waals surface area contributed by atoms with E-state index in [2.05, 4.69) is 15.3 Å². The number of aromatic amines is 1. The Morgan fingerprint density at radius 1 is 1.39 bits per heavy atom. The average molecular weight is 355 g/mol. The van der Waals surface area contributed by atoms with Crippen molar-refractivity contribution in [2.45, 2.75) is 32.7 Å². The third-order valence-electron chi connectivity index (χ3n) is 4.04. The molecule has 1 atom stereocenters. The number of thiophene rings is 1. The first-order valence-corrected chi connectivity index (χ1v) is 9.77. The summed E-state index contributed by atoms with van der Waals surface area (Å²) >= 11 is 1.15. The highest BCUT2D eigenvalue weighted by molar-refractivity contribution is 7.91. The Labute approximate surface area is 137 Å². The zero-order valence-corrected chi connectivity index (χ0v) is 14.7. The largest absolute Gasteiger partial charge is 0.345 e. The molecule has 3 rings (SSSR count). The second-order valence-corrected chi connectivity index (χ2v) is 9.43. The zero-order valence-electron chi connectivity index (χ0n) is 13.0. The SMILES string of the molecule is Cc1nc2sc(C(=O)NC3(C)CCS(=O)(=O)C3)c(C)c2c(=O)[nH]1. The molecule has 1 saturated heterocycles. The number of carbonyl (C=O) groups is 1. The van der Waals surface area contributed by atoms with Crippen LogP contribution in [0, 0.1) is 13.8 Å². The van der Waals surface area contributed by atoms with E-state index in [4.69, 9.17) is 0 Å². The molecule has 0 aliphatic carbocycles. The summed E-state index contributed by atoms with van der Waals surface area (Å²) in [5, 5.41) is 3.23. The van der Waals surface area contributed by atoms with E-state index in [-0.39, 0.29) is 23.0 Å². The number of aromatic nitrogens is 2. The number of H-pyrrole nitrogens is 1. The normalized spacial score (nSPS) is 23.3. The first-order chi connectivity index (χ1) is 10.6. The van der Waals surface area contributed by atoms with Crippen LogP contribution in [0.15, 0.2) is 4.79 Å². The molecule has 0 bridgehead atoms. The summed E-state index contributed by atoms with van der Waals surface area (Å²) < 4.78 is 23.3. The molecule has 1 aliphatic heterocycles. The fourth-order valence-corrected chi connectivity index (χ4v) is 6.12. The molecule has 2 N–H and O–H groups in total. The summed E-state index contributed by atoms with van der Waals surface area (Å²) in [6.45, 7) is 5.11. The molecular formula is C14H17N3O4S2. The number of hydrogen-bond donors (Lipinski definition) is 2. The molecule has 1 amide bonds. The predicted molar refractivity (Wildman–Crippen MR) is 88.9 cm³/mol. The Morgan fingerprint density at radius 2 is 2.09 bits per heavy atom. The Kier molecular flexibility index (Phi) is 3.60. The minimum Gasteiger partial charge on any atom is -0.345 e. The van der Waals surface area contributed by atoms with Crippen LogP contribution in [-0.2, 0) is 9.84 Å². The van der Waals surface area contributed by atoms with Crippen molar-refractivity contribution >= 4 is 37.3 Å². The van der Waals surface area contributed by atoms with Gasteiger partial charge in [0, 0.05) is 0 Å². The fraction of sp³-hybridized carbons (Fsp3) is 0.500. The van der Waals surface area contributed by atoms with E-state index < -0.39 is 15.4 Å². The van der Waals surface area contributed by atoms with E-state index in [1.165, 1.54) is 0 Å². The van der Waals surface area contributed by atoms with E-state index in [0.717, 1.165) is 11.3 Å². The van der Waals surface area contributed by atoms with Crippen LogP contribution in [0.25, 0.3) is 10.2 Å². The van der Waals surface area contributed by atoms with Crippen molar-refractivity contribution in [3.63, 3.8) is 0 Å². The number of hydrogen-bond acceptors (Lipinski definition) is 6. The number of rotatable bonds is 2. The summed E-state index contributed by atoms with van der Waals surface area (Å²) in [6, 6.07) is 0. The monoisotopic (exact) mass is 355 g/mol. The topological polar surface area (TPSA) is 109 Å². The number of nitrogens with one attached hydrogen (secondary N) is 2. The van der Waals surface area contributed by atoms with Crippen molar-refractivity contribution in [1.29, 1.82) is 0 Å². The number of aryl methyl sites for hydroxylation is 2. The van der Waals surface area contributed by atoms with Gasteiger partial charge in [0.2, 0.25) is 0 Å². The van der Waals surface area contributed by atoms with E-state index in [0.29, 0.717) is 32.9 Å². The van der Waals surface area contributed by atoms with Gasteiger partial charge in [0.05, 0.1) is 27.3 Å². The van der Waals surface area contributed by atoms with Gasteiger partial charge in [-0.1, -0.05) is 0 Å². The molecule has 1 fully saturated rings. The van der Waals surface area contributed by atoms with Gasteiger partial charge >= 0.3 is 0 Å². The molecule has 0 saturated carbocycles. The molecule has 2 aromatic rings. The van der Waals surface area contributed by atoms with Gasteiger partial charge in [0.25, 0.3) is 11.5 Å². The first-order valence-electron chi connectivity index (χ1n) is 7.13. The molecule has 0 aromatic carbocycles. The van der Waals surface area contributed by atoms with Crippen molar-refractivity contribution in [3.05, 3.63) is 26.6 Å². The third-order valence-corrected chi connectivity index (χ3v) is 7.13. The minimum absolute atomic E-state index is 0.0619. The van der Waals surface area contributed by atoms with E-state index in [1.54, 1.807) is 20.8 Å². The van der Waals surface area contributed by atoms with Crippen molar-refractivity contribution in [1.82, 2.24) is 15.3 Å². The van der Waals surface area contributed by atoms with E-state index in [1.807, 2.05) is 0 Å². The van der Waals surface area contributed by atoms with Gasteiger partial charge in [-0.25, -0.2) is 13.4 Å². The summed E-state index contributed by atoms with van der Waals surface area (Å²) in [7, 11) is -3.11. The maximum Gasteiger partial charge on any atom is 0.262 e. The maximum absolute atomic E-state index is 12.6. The molecule has 23 heavy (non-hydrogen) atoms. The van der Waals surface area contributed by atoms with Gasteiger partial charge in [-0.2, -0.15) is 0 Å². The summed E-state index contributed by atoms with van der Waals surface area (Å²) in [6.07, 6.45) is 0.392. The second kappa shape index (κ2) is 5.13. The van der Waals surface area contributed by atoms with Crippen LogP contribution in [0.1, 0.15) is 34.4 Å². The summed E-state index contributed by atoms with van der Waals surface area (Å²) in [5.74, 6) is 0.148. The quantitative estimate of drug-likeness (QED) is 0.832. The highest BCUT2D eigenvalue weighted by Gasteiger charge is 2.40. The number of nitrogens with zero attached hydrogens (tertiary/aromatic N) is 1. The molecule has 3 heterocycles. The summed E-state index contributed by atoms with van der Waals surface area (Å²) in [5.41, 5.74) is -0.468. The lowest BCUT2D eigenvalue weighted by Crippen LogP contribution is -2.46. The first kappa shape index (κ1) is 16.1. The number of carbonyl (C=O) groups excluding carboxylic acids is 1. The molecule has 0 radical (unpaired) electrons. The van der Waals surface area contributed by atoms with Crippen LogP contribution >= 0.6 is 11.3 Å². The van der Waals surface area contributed by atoms with Crippen LogP contribution in [0.4, 0.5) is 0 Å². The van der Waals surface area contributed by atoms with Gasteiger partial charge in [-0.3, -0.25) is 9.59 Å². The lowest BCUT2D eigenvalue weighted by Gasteiger charge is -2.23. The number of fused-ring (bicyclic) bond motifs is 1. The average Bonchev–Trinajstić information content (AvgIpc) is 2.86. The smallest absolute Gasteiger partial charge is 0.262 e. The van der Waals surface area contributed by atoms with Crippen LogP contribution in [0.2, 0.25) is 0 Å². The highest BCUT2D eigenvalue weighted by atomic mass is 32.2. The minimum atomic E-state index is -3.11. The van der Waals surface area contributed by atoms with Crippen molar-refractivity contribution in [2.75, 3.05) is 11.5 Å². The molecule has 124 valence electrons. The number of sulfone groups is 1. The van der Waals surface area contributed by atoms with Gasteiger partial charge in [-0.15, -0.1) is 11.3 Å². The Bertz CT molecular complexity index is 974. The zero-order chi connectivity index (χ0) is 17.0. The summed E-state index contributed by atoms with van der Waals surface area (Å²) in [4.78, 5) is 32.4. The highest BCUT2D eigenvalue weighted by Crippen LogP contribution is 2.29. The maximum atomic E-state index is 12.6. The molecule has 7 nitrogen and oxygen atoms in total. The van der Waals surface area contributed by atoms with E-state index >= 15 is 0 Å². The van der Waals surface area contributed by atoms with Crippen LogP contribution in [0.3, 0.4) is 0 Å². The van der Waals surface area contributed by atoms with Crippen molar-refractivity contribution in [2.24, 2.45) is 0 Å². The third kappa shape index (κ3) is 2.90. The molecule has 9 heteroatoms. The van der Waals surface area contributed by atoms with Gasteiger partial charge < -0.3 is 10.3 Å². The number of amides is 1. The Morgan fingerprint density at radius 3 is 2.70 bits per heavy atom. The van der Waals surface area contributed by atoms with Crippen LogP contribution in [0.5, 0.6) is 0 Å². The van der Waals surface area contributed by atoms with E-state index in [9.17, 15) is 18.0 Å².